The fraction of sp³-hybridized carbons (Fsp3) is 0.500. The number of likely N-dealkylation sites (tertiary alicyclic amines) is 2. The third-order valence-corrected chi connectivity index (χ3v) is 5.22. The lowest BCUT2D eigenvalue weighted by molar-refractivity contribution is -0.0161. The van der Waals surface area contributed by atoms with Gasteiger partial charge in [0.15, 0.2) is 0 Å². The minimum absolute atomic E-state index is 0.0926. The average Bonchev–Trinajstić information content (AvgIpc) is 3.31. The topological polar surface area (TPSA) is 71.7 Å². The largest absolute Gasteiger partial charge is 0.468 e. The average molecular weight is 342 g/mol. The molecule has 2 saturated heterocycles. The molecule has 2 fully saturated rings. The van der Waals surface area contributed by atoms with Gasteiger partial charge < -0.3 is 14.1 Å². The zero-order valence-corrected chi connectivity index (χ0v) is 14.2. The summed E-state index contributed by atoms with van der Waals surface area (Å²) in [5.41, 5.74) is 0. The second kappa shape index (κ2) is 6.93. The van der Waals surface area contributed by atoms with Crippen molar-refractivity contribution in [3.05, 3.63) is 48.4 Å². The van der Waals surface area contributed by atoms with Gasteiger partial charge in [-0.05, 0) is 24.6 Å². The van der Waals surface area contributed by atoms with E-state index in [9.17, 15) is 4.79 Å². The van der Waals surface area contributed by atoms with Gasteiger partial charge in [0.25, 0.3) is 5.91 Å². The van der Waals surface area contributed by atoms with Crippen LogP contribution >= 0.6 is 0 Å². The van der Waals surface area contributed by atoms with E-state index in [0.717, 1.165) is 31.8 Å². The van der Waals surface area contributed by atoms with Crippen LogP contribution in [0.2, 0.25) is 0 Å². The summed E-state index contributed by atoms with van der Waals surface area (Å²) in [7, 11) is 1.76. The van der Waals surface area contributed by atoms with Crippen LogP contribution in [-0.4, -0.2) is 64.6 Å². The first-order chi connectivity index (χ1) is 12.3. The highest BCUT2D eigenvalue weighted by atomic mass is 16.5. The lowest BCUT2D eigenvalue weighted by Crippen LogP contribution is -2.53. The van der Waals surface area contributed by atoms with Crippen molar-refractivity contribution < 1.29 is 13.9 Å². The molecular weight excluding hydrogens is 320 g/mol. The molecule has 7 heteroatoms. The van der Waals surface area contributed by atoms with E-state index in [1.165, 1.54) is 0 Å². The number of hydrogen-bond donors (Lipinski definition) is 0. The van der Waals surface area contributed by atoms with Gasteiger partial charge in [0.2, 0.25) is 5.82 Å². The number of methoxy groups -OCH3 is 1. The molecule has 0 spiro atoms. The van der Waals surface area contributed by atoms with Crippen LogP contribution < -0.4 is 0 Å². The maximum Gasteiger partial charge on any atom is 0.291 e. The molecule has 2 aromatic heterocycles. The van der Waals surface area contributed by atoms with E-state index >= 15 is 0 Å². The number of amides is 1. The minimum Gasteiger partial charge on any atom is -0.468 e. The first-order valence-electron chi connectivity index (χ1n) is 8.62. The van der Waals surface area contributed by atoms with Gasteiger partial charge in [-0.3, -0.25) is 9.69 Å². The van der Waals surface area contributed by atoms with Crippen LogP contribution in [0.15, 0.2) is 41.3 Å². The number of fused-ring (bicyclic) bond motifs is 1. The van der Waals surface area contributed by atoms with Crippen LogP contribution in [0.3, 0.4) is 0 Å². The van der Waals surface area contributed by atoms with Crippen LogP contribution in [0.4, 0.5) is 0 Å². The van der Waals surface area contributed by atoms with Crippen molar-refractivity contribution in [3.8, 4) is 0 Å². The third-order valence-electron chi connectivity index (χ3n) is 5.22. The summed E-state index contributed by atoms with van der Waals surface area (Å²) < 4.78 is 11.2. The van der Waals surface area contributed by atoms with Crippen molar-refractivity contribution in [3.63, 3.8) is 0 Å². The molecule has 7 nitrogen and oxygen atoms in total. The highest BCUT2D eigenvalue weighted by Crippen LogP contribution is 2.33. The van der Waals surface area contributed by atoms with Gasteiger partial charge >= 0.3 is 0 Å². The van der Waals surface area contributed by atoms with E-state index in [2.05, 4.69) is 14.9 Å². The molecule has 2 aliphatic rings. The molecule has 4 heterocycles. The molecule has 3 atom stereocenters. The highest BCUT2D eigenvalue weighted by molar-refractivity contribution is 5.90. The van der Waals surface area contributed by atoms with Gasteiger partial charge in [-0.15, -0.1) is 0 Å². The van der Waals surface area contributed by atoms with Crippen LogP contribution in [0.25, 0.3) is 0 Å². The molecule has 4 rings (SSSR count). The van der Waals surface area contributed by atoms with Crippen LogP contribution in [-0.2, 0) is 11.3 Å². The van der Waals surface area contributed by atoms with E-state index in [4.69, 9.17) is 9.15 Å². The molecule has 0 radical (unpaired) electrons. The summed E-state index contributed by atoms with van der Waals surface area (Å²) in [6.07, 6.45) is 5.92. The number of ether oxygens (including phenoxy) is 1. The van der Waals surface area contributed by atoms with Crippen LogP contribution in [0.5, 0.6) is 0 Å². The molecule has 132 valence electrons. The van der Waals surface area contributed by atoms with Gasteiger partial charge in [-0.1, -0.05) is 0 Å². The Morgan fingerprint density at radius 2 is 2.16 bits per heavy atom. The van der Waals surface area contributed by atoms with E-state index in [1.807, 2.05) is 17.0 Å². The molecule has 2 aliphatic heterocycles. The molecule has 1 amide bonds. The van der Waals surface area contributed by atoms with Crippen molar-refractivity contribution in [1.29, 1.82) is 0 Å². The monoisotopic (exact) mass is 342 g/mol. The number of furan rings is 1. The van der Waals surface area contributed by atoms with Crippen molar-refractivity contribution in [2.24, 2.45) is 5.92 Å². The maximum atomic E-state index is 12.9. The molecule has 0 aromatic carbocycles. The number of aromatic nitrogens is 2. The molecule has 25 heavy (non-hydrogen) atoms. The van der Waals surface area contributed by atoms with Crippen molar-refractivity contribution >= 4 is 5.91 Å². The second-order valence-electron chi connectivity index (χ2n) is 6.64. The van der Waals surface area contributed by atoms with E-state index < -0.39 is 0 Å². The van der Waals surface area contributed by atoms with Crippen LogP contribution in [0, 0.1) is 5.92 Å². The van der Waals surface area contributed by atoms with Crippen molar-refractivity contribution in [1.82, 2.24) is 19.8 Å². The summed E-state index contributed by atoms with van der Waals surface area (Å²) in [5.74, 6) is 1.41. The molecular formula is C18H22N4O3. The number of rotatable bonds is 4. The number of hydrogen-bond acceptors (Lipinski definition) is 6. The fourth-order valence-corrected chi connectivity index (χ4v) is 4.07. The Morgan fingerprint density at radius 3 is 2.88 bits per heavy atom. The normalized spacial score (nSPS) is 26.6. The van der Waals surface area contributed by atoms with Crippen LogP contribution in [0.1, 0.15) is 22.8 Å². The quantitative estimate of drug-likeness (QED) is 0.837. The Kier molecular flexibility index (Phi) is 4.50. The van der Waals surface area contributed by atoms with Crippen molar-refractivity contribution in [2.75, 3.05) is 26.7 Å². The van der Waals surface area contributed by atoms with Gasteiger partial charge in [-0.25, -0.2) is 9.97 Å². The number of piperidine rings is 1. The molecule has 0 N–H and O–H groups in total. The Hall–Kier alpha value is -2.25. The summed E-state index contributed by atoms with van der Waals surface area (Å²) in [4.78, 5) is 25.4. The minimum atomic E-state index is -0.0926. The number of nitrogens with zero attached hydrogens (tertiary/aromatic N) is 4. The smallest absolute Gasteiger partial charge is 0.291 e. The number of carbonyl (C=O) groups is 1. The van der Waals surface area contributed by atoms with Gasteiger partial charge in [0.05, 0.1) is 25.0 Å². The SMILES string of the molecule is CO[C@@H]1CCN(C(=O)c2ncccn2)[C@@H]2CN(Cc3ccco3)C[C@@H]21. The second-order valence-corrected chi connectivity index (χ2v) is 6.64. The summed E-state index contributed by atoms with van der Waals surface area (Å²) in [6.45, 7) is 3.12. The molecule has 0 aliphatic carbocycles. The fourth-order valence-electron chi connectivity index (χ4n) is 4.07. The van der Waals surface area contributed by atoms with Crippen molar-refractivity contribution in [2.45, 2.75) is 25.1 Å². The first kappa shape index (κ1) is 16.2. The predicted octanol–water partition coefficient (Wildman–Crippen LogP) is 1.43. The maximum absolute atomic E-state index is 12.9. The molecule has 2 aromatic rings. The summed E-state index contributed by atoms with van der Waals surface area (Å²) >= 11 is 0. The summed E-state index contributed by atoms with van der Waals surface area (Å²) in [6, 6.07) is 5.72. The van der Waals surface area contributed by atoms with Gasteiger partial charge in [0, 0.05) is 45.1 Å². The van der Waals surface area contributed by atoms with E-state index in [1.54, 1.807) is 31.8 Å². The lowest BCUT2D eigenvalue weighted by atomic mass is 9.89. The molecule has 0 bridgehead atoms. The van der Waals surface area contributed by atoms with E-state index in [0.29, 0.717) is 12.5 Å². The first-order valence-corrected chi connectivity index (χ1v) is 8.62. The van der Waals surface area contributed by atoms with Gasteiger partial charge in [0.1, 0.15) is 5.76 Å². The number of carbonyl (C=O) groups excluding carboxylic acids is 1. The third kappa shape index (κ3) is 3.17. The molecule has 0 unspecified atom stereocenters. The predicted molar refractivity (Wildman–Crippen MR) is 89.7 cm³/mol. The Balaban J connectivity index is 1.53. The van der Waals surface area contributed by atoms with Gasteiger partial charge in [-0.2, -0.15) is 0 Å². The summed E-state index contributed by atoms with van der Waals surface area (Å²) in [5, 5.41) is 0. The van der Waals surface area contributed by atoms with E-state index in [-0.39, 0.29) is 23.9 Å². The zero-order chi connectivity index (χ0) is 17.2. The Labute approximate surface area is 146 Å². The molecule has 0 saturated carbocycles. The lowest BCUT2D eigenvalue weighted by Gasteiger charge is -2.40. The highest BCUT2D eigenvalue weighted by Gasteiger charge is 2.46. The Bertz CT molecular complexity index is 706. The Morgan fingerprint density at radius 1 is 1.32 bits per heavy atom. The zero-order valence-electron chi connectivity index (χ0n) is 14.2. The standard InChI is InChI=1S/C18H22N4O3/c1-24-16-5-8-22(18(23)17-19-6-3-7-20-17)15-12-21(11-14(15)16)10-13-4-2-9-25-13/h2-4,6-7,9,14-16H,5,8,10-12H2,1H3/t14-,15+,16+/m0/s1.